The third-order valence-corrected chi connectivity index (χ3v) is 5.30. The second-order valence-electron chi connectivity index (χ2n) is 7.25. The van der Waals surface area contributed by atoms with Gasteiger partial charge < -0.3 is 9.47 Å². The van der Waals surface area contributed by atoms with Crippen molar-refractivity contribution >= 4 is 16.9 Å². The summed E-state index contributed by atoms with van der Waals surface area (Å²) < 4.78 is 12.4. The molecule has 1 aromatic heterocycles. The number of benzene rings is 2. The fourth-order valence-corrected chi connectivity index (χ4v) is 3.70. The summed E-state index contributed by atoms with van der Waals surface area (Å²) in [6.07, 6.45) is 4.97. The highest BCUT2D eigenvalue weighted by Gasteiger charge is 2.17. The second kappa shape index (κ2) is 8.37. The molecule has 2 heterocycles. The Morgan fingerprint density at radius 3 is 2.73 bits per heavy atom. The molecule has 0 saturated heterocycles. The molecule has 30 heavy (non-hydrogen) atoms. The van der Waals surface area contributed by atoms with E-state index in [1.807, 2.05) is 6.07 Å². The van der Waals surface area contributed by atoms with Gasteiger partial charge in [-0.2, -0.15) is 5.26 Å². The number of fused-ring (bicyclic) bond motifs is 2. The highest BCUT2D eigenvalue weighted by atomic mass is 16.6. The quantitative estimate of drug-likeness (QED) is 0.490. The van der Waals surface area contributed by atoms with E-state index in [0.29, 0.717) is 28.8 Å². The standard InChI is InChI=1S/C23H21N3O4/c1-29-20-12-15(14-24)7-10-19(20)30-23(28)16-8-9-17-18(13-16)25-21-6-4-2-3-5-11-26(21)22(17)27/h7-10,12-13H,2-6,11H2,1H3. The van der Waals surface area contributed by atoms with E-state index < -0.39 is 5.97 Å². The molecule has 2 aromatic carbocycles. The van der Waals surface area contributed by atoms with Gasteiger partial charge in [0, 0.05) is 19.0 Å². The molecule has 4 rings (SSSR count). The first-order valence-corrected chi connectivity index (χ1v) is 9.94. The van der Waals surface area contributed by atoms with Crippen molar-refractivity contribution in [3.05, 3.63) is 63.7 Å². The van der Waals surface area contributed by atoms with E-state index in [9.17, 15) is 9.59 Å². The van der Waals surface area contributed by atoms with Crippen LogP contribution in [0.15, 0.2) is 41.2 Å². The highest BCUT2D eigenvalue weighted by molar-refractivity contribution is 5.95. The lowest BCUT2D eigenvalue weighted by Gasteiger charge is -2.16. The molecule has 0 atom stereocenters. The monoisotopic (exact) mass is 403 g/mol. The van der Waals surface area contributed by atoms with Crippen LogP contribution in [0.5, 0.6) is 11.5 Å². The summed E-state index contributed by atoms with van der Waals surface area (Å²) in [5, 5.41) is 9.49. The van der Waals surface area contributed by atoms with Gasteiger partial charge in [-0.3, -0.25) is 9.36 Å². The number of ether oxygens (including phenoxy) is 2. The second-order valence-corrected chi connectivity index (χ2v) is 7.25. The third-order valence-electron chi connectivity index (χ3n) is 5.30. The number of hydrogen-bond acceptors (Lipinski definition) is 6. The summed E-state index contributed by atoms with van der Waals surface area (Å²) >= 11 is 0. The Balaban J connectivity index is 1.68. The summed E-state index contributed by atoms with van der Waals surface area (Å²) in [6.45, 7) is 0.680. The minimum Gasteiger partial charge on any atom is -0.493 e. The first kappa shape index (κ1) is 19.6. The lowest BCUT2D eigenvalue weighted by atomic mass is 10.1. The Morgan fingerprint density at radius 1 is 1.10 bits per heavy atom. The van der Waals surface area contributed by atoms with Crippen molar-refractivity contribution in [1.82, 2.24) is 9.55 Å². The van der Waals surface area contributed by atoms with E-state index >= 15 is 0 Å². The van der Waals surface area contributed by atoms with Crippen LogP contribution in [-0.2, 0) is 13.0 Å². The molecule has 0 radical (unpaired) electrons. The molecule has 0 unspecified atom stereocenters. The number of aromatic nitrogens is 2. The Kier molecular flexibility index (Phi) is 5.48. The smallest absolute Gasteiger partial charge is 0.343 e. The van der Waals surface area contributed by atoms with E-state index in [0.717, 1.165) is 37.9 Å². The Hall–Kier alpha value is -3.66. The van der Waals surface area contributed by atoms with Crippen LogP contribution in [-0.4, -0.2) is 22.6 Å². The van der Waals surface area contributed by atoms with Crippen molar-refractivity contribution < 1.29 is 14.3 Å². The Labute approximate surface area is 173 Å². The fraction of sp³-hybridized carbons (Fsp3) is 0.304. The number of hydrogen-bond donors (Lipinski definition) is 0. The van der Waals surface area contributed by atoms with Crippen LogP contribution >= 0.6 is 0 Å². The van der Waals surface area contributed by atoms with E-state index in [1.54, 1.807) is 28.8 Å². The van der Waals surface area contributed by atoms with E-state index in [-0.39, 0.29) is 16.9 Å². The minimum absolute atomic E-state index is 0.0643. The largest absolute Gasteiger partial charge is 0.493 e. The molecule has 7 nitrogen and oxygen atoms in total. The summed E-state index contributed by atoms with van der Waals surface area (Å²) in [5.41, 5.74) is 1.12. The average Bonchev–Trinajstić information content (AvgIpc) is 2.75. The van der Waals surface area contributed by atoms with Gasteiger partial charge in [-0.25, -0.2) is 9.78 Å². The van der Waals surface area contributed by atoms with Crippen LogP contribution in [0, 0.1) is 11.3 Å². The summed E-state index contributed by atoms with van der Waals surface area (Å²) in [4.78, 5) is 30.3. The van der Waals surface area contributed by atoms with Crippen molar-refractivity contribution in [3.63, 3.8) is 0 Å². The fourth-order valence-electron chi connectivity index (χ4n) is 3.70. The molecule has 0 bridgehead atoms. The molecule has 1 aliphatic heterocycles. The molecule has 0 N–H and O–H groups in total. The van der Waals surface area contributed by atoms with Crippen molar-refractivity contribution in [1.29, 1.82) is 5.26 Å². The molecule has 0 fully saturated rings. The molecule has 3 aromatic rings. The van der Waals surface area contributed by atoms with Gasteiger partial charge in [0.25, 0.3) is 5.56 Å². The van der Waals surface area contributed by atoms with Gasteiger partial charge in [0.15, 0.2) is 11.5 Å². The first-order valence-electron chi connectivity index (χ1n) is 9.94. The van der Waals surface area contributed by atoms with Crippen molar-refractivity contribution in [3.8, 4) is 17.6 Å². The Bertz CT molecular complexity index is 1220. The molecular weight excluding hydrogens is 382 g/mol. The predicted octanol–water partition coefficient (Wildman–Crippen LogP) is 3.61. The molecular formula is C23H21N3O4. The van der Waals surface area contributed by atoms with E-state index in [4.69, 9.17) is 14.7 Å². The number of carbonyl (C=O) groups excluding carboxylic acids is 1. The number of rotatable bonds is 3. The normalized spacial score (nSPS) is 13.6. The lowest BCUT2D eigenvalue weighted by Crippen LogP contribution is -2.26. The zero-order chi connectivity index (χ0) is 21.1. The van der Waals surface area contributed by atoms with Gasteiger partial charge in [0.1, 0.15) is 5.82 Å². The topological polar surface area (TPSA) is 94.2 Å². The van der Waals surface area contributed by atoms with Crippen LogP contribution in [0.2, 0.25) is 0 Å². The van der Waals surface area contributed by atoms with Crippen molar-refractivity contribution in [2.45, 2.75) is 38.6 Å². The highest BCUT2D eigenvalue weighted by Crippen LogP contribution is 2.29. The Morgan fingerprint density at radius 2 is 1.93 bits per heavy atom. The van der Waals surface area contributed by atoms with E-state index in [1.165, 1.54) is 19.2 Å². The summed E-state index contributed by atoms with van der Waals surface area (Å²) in [7, 11) is 1.44. The number of nitrogens with zero attached hydrogens (tertiary/aromatic N) is 3. The zero-order valence-corrected chi connectivity index (χ0v) is 16.7. The summed E-state index contributed by atoms with van der Waals surface area (Å²) in [6, 6.07) is 11.4. The maximum Gasteiger partial charge on any atom is 0.343 e. The molecule has 1 aliphatic rings. The van der Waals surface area contributed by atoms with Gasteiger partial charge in [-0.1, -0.05) is 12.8 Å². The van der Waals surface area contributed by atoms with Gasteiger partial charge in [-0.15, -0.1) is 0 Å². The number of esters is 1. The number of aryl methyl sites for hydroxylation is 1. The third kappa shape index (κ3) is 3.77. The molecule has 152 valence electrons. The van der Waals surface area contributed by atoms with Crippen LogP contribution in [0.1, 0.15) is 47.4 Å². The van der Waals surface area contributed by atoms with E-state index in [2.05, 4.69) is 4.98 Å². The summed E-state index contributed by atoms with van der Waals surface area (Å²) in [5.74, 6) is 0.689. The van der Waals surface area contributed by atoms with Gasteiger partial charge in [0.05, 0.1) is 35.2 Å². The SMILES string of the molecule is COc1cc(C#N)ccc1OC(=O)c1ccc2c(=O)n3c(nc2c1)CCCCCC3. The van der Waals surface area contributed by atoms with Gasteiger partial charge in [-0.05, 0) is 43.2 Å². The van der Waals surface area contributed by atoms with Crippen LogP contribution in [0.3, 0.4) is 0 Å². The molecule has 0 amide bonds. The van der Waals surface area contributed by atoms with Crippen molar-refractivity contribution in [2.24, 2.45) is 0 Å². The van der Waals surface area contributed by atoms with Crippen LogP contribution in [0.4, 0.5) is 0 Å². The average molecular weight is 403 g/mol. The lowest BCUT2D eigenvalue weighted by molar-refractivity contribution is 0.0730. The van der Waals surface area contributed by atoms with Crippen molar-refractivity contribution in [2.75, 3.05) is 7.11 Å². The van der Waals surface area contributed by atoms with Gasteiger partial charge >= 0.3 is 5.97 Å². The maximum atomic E-state index is 12.9. The zero-order valence-electron chi connectivity index (χ0n) is 16.7. The maximum absolute atomic E-state index is 12.9. The predicted molar refractivity (Wildman–Crippen MR) is 111 cm³/mol. The first-order chi connectivity index (χ1) is 14.6. The molecule has 7 heteroatoms. The molecule has 0 saturated carbocycles. The number of nitriles is 1. The van der Waals surface area contributed by atoms with Crippen LogP contribution < -0.4 is 15.0 Å². The molecule has 0 spiro atoms. The number of carbonyl (C=O) groups is 1. The minimum atomic E-state index is -0.589. The molecule has 0 aliphatic carbocycles. The number of methoxy groups -OCH3 is 1. The van der Waals surface area contributed by atoms with Gasteiger partial charge in [0.2, 0.25) is 0 Å². The van der Waals surface area contributed by atoms with Crippen LogP contribution in [0.25, 0.3) is 10.9 Å².